The van der Waals surface area contributed by atoms with E-state index >= 15 is 0 Å². The van der Waals surface area contributed by atoms with Gasteiger partial charge in [0.15, 0.2) is 0 Å². The first-order valence-corrected chi connectivity index (χ1v) is 8.96. The number of ether oxygens (including phenoxy) is 1. The average molecular weight is 321 g/mol. The van der Waals surface area contributed by atoms with Crippen molar-refractivity contribution < 1.29 is 14.3 Å². The summed E-state index contributed by atoms with van der Waals surface area (Å²) >= 11 is 1.57. The van der Waals surface area contributed by atoms with Crippen molar-refractivity contribution in [1.29, 1.82) is 0 Å². The fraction of sp³-hybridized carbons (Fsp3) is 0.647. The van der Waals surface area contributed by atoms with E-state index in [0.29, 0.717) is 29.0 Å². The van der Waals surface area contributed by atoms with Crippen molar-refractivity contribution in [3.05, 3.63) is 16.0 Å². The van der Waals surface area contributed by atoms with Crippen LogP contribution in [0, 0.1) is 11.8 Å². The van der Waals surface area contributed by atoms with Gasteiger partial charge in [-0.2, -0.15) is 0 Å². The van der Waals surface area contributed by atoms with Crippen molar-refractivity contribution in [2.75, 3.05) is 11.9 Å². The zero-order valence-corrected chi connectivity index (χ0v) is 14.2. The van der Waals surface area contributed by atoms with Crippen molar-refractivity contribution >= 4 is 28.2 Å². The Morgan fingerprint density at radius 3 is 2.68 bits per heavy atom. The van der Waals surface area contributed by atoms with E-state index in [-0.39, 0.29) is 17.8 Å². The lowest BCUT2D eigenvalue weighted by molar-refractivity contribution is -0.117. The van der Waals surface area contributed by atoms with E-state index in [1.807, 2.05) is 6.92 Å². The molecule has 1 aromatic heterocycles. The molecule has 1 N–H and O–H groups in total. The molecule has 1 aromatic rings. The van der Waals surface area contributed by atoms with E-state index in [0.717, 1.165) is 31.2 Å². The van der Waals surface area contributed by atoms with Gasteiger partial charge in [0.2, 0.25) is 5.91 Å². The fourth-order valence-electron chi connectivity index (χ4n) is 3.29. The maximum absolute atomic E-state index is 12.4. The molecule has 120 valence electrons. The van der Waals surface area contributed by atoms with Gasteiger partial charge < -0.3 is 10.1 Å². The Labute approximate surface area is 135 Å². The average Bonchev–Trinajstić information content (AvgIpc) is 3.22. The quantitative estimate of drug-likeness (QED) is 0.854. The van der Waals surface area contributed by atoms with Crippen molar-refractivity contribution in [1.82, 2.24) is 0 Å². The molecule has 0 aromatic carbocycles. The Bertz CT molecular complexity index is 603. The van der Waals surface area contributed by atoms with E-state index in [1.165, 1.54) is 4.88 Å². The highest BCUT2D eigenvalue weighted by atomic mass is 32.1. The van der Waals surface area contributed by atoms with Crippen LogP contribution in [0.5, 0.6) is 0 Å². The molecule has 2 aliphatic rings. The largest absolute Gasteiger partial charge is 0.462 e. The van der Waals surface area contributed by atoms with Gasteiger partial charge in [-0.3, -0.25) is 4.79 Å². The molecule has 3 rings (SSSR count). The Kier molecular flexibility index (Phi) is 4.26. The summed E-state index contributed by atoms with van der Waals surface area (Å²) in [7, 11) is 0. The summed E-state index contributed by atoms with van der Waals surface area (Å²) in [6.07, 6.45) is 3.94. The summed E-state index contributed by atoms with van der Waals surface area (Å²) in [6.45, 7) is 6.58. The Morgan fingerprint density at radius 2 is 2.05 bits per heavy atom. The maximum atomic E-state index is 12.4. The van der Waals surface area contributed by atoms with E-state index in [4.69, 9.17) is 4.74 Å². The standard InChI is InChI=1S/C17H23NO3S/c1-4-21-17(20)13-12-8-9(2)7-10(3)14(12)22-16(13)18-15(19)11-5-6-11/h9-11H,4-8H2,1-3H3,(H,18,19). The predicted octanol–water partition coefficient (Wildman–Crippen LogP) is 3.96. The molecule has 1 amide bonds. The Balaban J connectivity index is 1.98. The van der Waals surface area contributed by atoms with Gasteiger partial charge in [-0.05, 0) is 50.0 Å². The van der Waals surface area contributed by atoms with Crippen LogP contribution in [0.3, 0.4) is 0 Å². The van der Waals surface area contributed by atoms with Gasteiger partial charge in [-0.25, -0.2) is 4.79 Å². The number of fused-ring (bicyclic) bond motifs is 1. The minimum Gasteiger partial charge on any atom is -0.462 e. The highest BCUT2D eigenvalue weighted by Crippen LogP contribution is 2.45. The van der Waals surface area contributed by atoms with E-state index < -0.39 is 0 Å². The van der Waals surface area contributed by atoms with Crippen LogP contribution in [0.15, 0.2) is 0 Å². The van der Waals surface area contributed by atoms with Crippen LogP contribution < -0.4 is 5.32 Å². The topological polar surface area (TPSA) is 55.4 Å². The van der Waals surface area contributed by atoms with Gasteiger partial charge in [0.1, 0.15) is 5.00 Å². The second kappa shape index (κ2) is 6.03. The number of thiophene rings is 1. The van der Waals surface area contributed by atoms with E-state index in [2.05, 4.69) is 19.2 Å². The van der Waals surface area contributed by atoms with Crippen molar-refractivity contribution in [2.45, 2.75) is 52.4 Å². The SMILES string of the molecule is CCOC(=O)c1c(NC(=O)C2CC2)sc2c1CC(C)CC2C. The number of amides is 1. The van der Waals surface area contributed by atoms with Crippen LogP contribution in [0.2, 0.25) is 0 Å². The molecule has 0 saturated heterocycles. The third kappa shape index (κ3) is 2.91. The molecule has 22 heavy (non-hydrogen) atoms. The summed E-state index contributed by atoms with van der Waals surface area (Å²) in [5, 5.41) is 3.68. The maximum Gasteiger partial charge on any atom is 0.341 e. The molecule has 1 fully saturated rings. The summed E-state index contributed by atoms with van der Waals surface area (Å²) in [5.74, 6) is 0.864. The second-order valence-corrected chi connectivity index (χ2v) is 7.63. The Hall–Kier alpha value is -1.36. The third-order valence-electron chi connectivity index (χ3n) is 4.46. The van der Waals surface area contributed by atoms with Gasteiger partial charge >= 0.3 is 5.97 Å². The highest BCUT2D eigenvalue weighted by molar-refractivity contribution is 7.17. The monoisotopic (exact) mass is 321 g/mol. The lowest BCUT2D eigenvalue weighted by Crippen LogP contribution is -2.18. The molecule has 2 atom stereocenters. The number of nitrogens with one attached hydrogen (secondary N) is 1. The molecule has 0 radical (unpaired) electrons. The van der Waals surface area contributed by atoms with Crippen LogP contribution in [-0.2, 0) is 16.0 Å². The molecule has 0 spiro atoms. The molecule has 2 unspecified atom stereocenters. The van der Waals surface area contributed by atoms with Crippen LogP contribution in [0.1, 0.15) is 66.8 Å². The van der Waals surface area contributed by atoms with Gasteiger partial charge in [-0.1, -0.05) is 13.8 Å². The number of rotatable bonds is 4. The summed E-state index contributed by atoms with van der Waals surface area (Å²) < 4.78 is 5.24. The fourth-order valence-corrected chi connectivity index (χ4v) is 4.58. The van der Waals surface area contributed by atoms with Crippen LogP contribution >= 0.6 is 11.3 Å². The van der Waals surface area contributed by atoms with Crippen molar-refractivity contribution in [3.63, 3.8) is 0 Å². The number of carbonyl (C=O) groups is 2. The highest BCUT2D eigenvalue weighted by Gasteiger charge is 2.35. The first kappa shape index (κ1) is 15.5. The van der Waals surface area contributed by atoms with Gasteiger partial charge in [0, 0.05) is 10.8 Å². The lowest BCUT2D eigenvalue weighted by atomic mass is 9.82. The zero-order chi connectivity index (χ0) is 15.9. The molecule has 0 aliphatic heterocycles. The van der Waals surface area contributed by atoms with Crippen LogP contribution in [0.25, 0.3) is 0 Å². The van der Waals surface area contributed by atoms with Crippen molar-refractivity contribution in [2.24, 2.45) is 11.8 Å². The second-order valence-electron chi connectivity index (χ2n) is 6.58. The minimum atomic E-state index is -0.299. The number of esters is 1. The van der Waals surface area contributed by atoms with E-state index in [9.17, 15) is 9.59 Å². The van der Waals surface area contributed by atoms with Gasteiger partial charge in [0.25, 0.3) is 0 Å². The van der Waals surface area contributed by atoms with Crippen molar-refractivity contribution in [3.8, 4) is 0 Å². The lowest BCUT2D eigenvalue weighted by Gasteiger charge is -2.24. The van der Waals surface area contributed by atoms with E-state index in [1.54, 1.807) is 11.3 Å². The Morgan fingerprint density at radius 1 is 1.32 bits per heavy atom. The van der Waals surface area contributed by atoms with Gasteiger partial charge in [-0.15, -0.1) is 11.3 Å². The number of carbonyl (C=O) groups excluding carboxylic acids is 2. The number of anilines is 1. The zero-order valence-electron chi connectivity index (χ0n) is 13.4. The normalized spacial score (nSPS) is 23.8. The molecule has 4 nitrogen and oxygen atoms in total. The first-order valence-electron chi connectivity index (χ1n) is 8.14. The molecule has 2 aliphatic carbocycles. The summed E-state index contributed by atoms with van der Waals surface area (Å²) in [4.78, 5) is 25.8. The first-order chi connectivity index (χ1) is 10.5. The smallest absolute Gasteiger partial charge is 0.341 e. The van der Waals surface area contributed by atoms with Crippen LogP contribution in [0.4, 0.5) is 5.00 Å². The molecule has 5 heteroatoms. The molecule has 0 bridgehead atoms. The molecular formula is C17H23NO3S. The third-order valence-corrected chi connectivity index (χ3v) is 5.84. The number of hydrogen-bond donors (Lipinski definition) is 1. The molecule has 1 saturated carbocycles. The van der Waals surface area contributed by atoms with Gasteiger partial charge in [0.05, 0.1) is 12.2 Å². The number of hydrogen-bond acceptors (Lipinski definition) is 4. The summed E-state index contributed by atoms with van der Waals surface area (Å²) in [6, 6.07) is 0. The molecular weight excluding hydrogens is 298 g/mol. The molecule has 1 heterocycles. The predicted molar refractivity (Wildman–Crippen MR) is 87.5 cm³/mol. The summed E-state index contributed by atoms with van der Waals surface area (Å²) in [5.41, 5.74) is 1.70. The minimum absolute atomic E-state index is 0.0462. The van der Waals surface area contributed by atoms with Crippen LogP contribution in [-0.4, -0.2) is 18.5 Å².